The minimum absolute atomic E-state index is 0.0317. The van der Waals surface area contributed by atoms with E-state index in [1.165, 1.54) is 122 Å². The average Bonchev–Trinajstić information content (AvgIpc) is 1.55. The fourth-order valence-electron chi connectivity index (χ4n) is 26.8. The minimum atomic E-state index is -0.261. The molecule has 0 fully saturated rings. The Kier molecular flexibility index (Phi) is 24.7. The van der Waals surface area contributed by atoms with E-state index in [0.29, 0.717) is 52.3 Å². The predicted octanol–water partition coefficient (Wildman–Crippen LogP) is 37.5. The molecule has 25 rings (SSSR count). The van der Waals surface area contributed by atoms with Gasteiger partial charge in [0.1, 0.15) is 11.5 Å². The summed E-state index contributed by atoms with van der Waals surface area (Å²) in [7, 11) is 0. The quantitative estimate of drug-likeness (QED) is 0.0468. The number of ether oxygens (including phenoxy) is 2. The molecule has 8 bridgehead atoms. The van der Waals surface area contributed by atoms with E-state index in [9.17, 15) is 0 Å². The van der Waals surface area contributed by atoms with Gasteiger partial charge in [-0.25, -0.2) is 24.9 Å². The van der Waals surface area contributed by atoms with Gasteiger partial charge >= 0.3 is 0 Å². The van der Waals surface area contributed by atoms with Crippen molar-refractivity contribution < 1.29 is 9.47 Å². The molecule has 5 aromatic heterocycles. The zero-order chi connectivity index (χ0) is 101. The van der Waals surface area contributed by atoms with Crippen LogP contribution in [-0.2, 0) is 21.7 Å². The van der Waals surface area contributed by atoms with Gasteiger partial charge < -0.3 is 9.47 Å². The summed E-state index contributed by atoms with van der Waals surface area (Å²) in [6.45, 7) is 19.1. The predicted molar refractivity (Wildman–Crippen MR) is 616 cm³/mol. The molecular weight excluding hydrogens is 1830 g/mol. The smallest absolute Gasteiger partial charge is 0.224 e. The monoisotopic (exact) mass is 1940 g/mol. The fourth-order valence-corrected chi connectivity index (χ4v) is 26.8. The van der Waals surface area contributed by atoms with Crippen LogP contribution in [0.1, 0.15) is 203 Å². The molecule has 10 heteroatoms. The van der Waals surface area contributed by atoms with Crippen molar-refractivity contribution >= 4 is 0 Å². The molecule has 10 nitrogen and oxygen atoms in total. The zero-order valence-corrected chi connectivity index (χ0v) is 86.7. The SMILES string of the molecule is CCCC1(CCC)c2ccccc2-c2ccc(-c3ccc4c(c3)C(CCC)(CCC)c3cc(-c5ccc6c(c5)C(CCC)(CCC)c5cc(-c7ccc8c(c7)C(CCC)(CCC)c7cc(-c9cc%10nc(c9)-c9cccc(c9)Oc9cc(ccc9-c9ccccc9-c9nc(-c%11ccccc%11-c%11ccc(-c%12ccccn%12)cc%11)nc(-c%11ccccc%11-c%11ccc(-c%12ccccn%12)cc%11)n9)-c9nccc(n9)O%10)ccc7-8)ccc5-6)ccc3-4)cc21. The van der Waals surface area contributed by atoms with Crippen molar-refractivity contribution in [2.45, 2.75) is 180 Å². The third kappa shape index (κ3) is 16.2. The van der Waals surface area contributed by atoms with Gasteiger partial charge in [-0.2, -0.15) is 4.98 Å². The lowest BCUT2D eigenvalue weighted by molar-refractivity contribution is 0.435. The summed E-state index contributed by atoms with van der Waals surface area (Å²) >= 11 is 0. The van der Waals surface area contributed by atoms with Gasteiger partial charge in [0.05, 0.1) is 17.1 Å². The first-order chi connectivity index (χ1) is 73.8. The van der Waals surface area contributed by atoms with Crippen LogP contribution in [0.15, 0.2) is 389 Å². The van der Waals surface area contributed by atoms with Gasteiger partial charge in [0.15, 0.2) is 23.3 Å². The highest BCUT2D eigenvalue weighted by atomic mass is 16.5. The second-order valence-corrected chi connectivity index (χ2v) is 42.0. The number of nitrogens with zero attached hydrogens (tertiary/aromatic N) is 8. The van der Waals surface area contributed by atoms with Crippen LogP contribution in [0.5, 0.6) is 23.3 Å². The molecule has 15 aromatic carbocycles. The van der Waals surface area contributed by atoms with E-state index < -0.39 is 0 Å². The van der Waals surface area contributed by atoms with Crippen molar-refractivity contribution in [2.75, 3.05) is 0 Å². The molecule has 0 spiro atoms. The number of aromatic nitrogens is 8. The largest absolute Gasteiger partial charge is 0.457 e. The molecule has 0 N–H and O–H groups in total. The number of hydrogen-bond donors (Lipinski definition) is 0. The van der Waals surface area contributed by atoms with Crippen LogP contribution in [0.2, 0.25) is 0 Å². The Balaban J connectivity index is 0.535. The Morgan fingerprint density at radius 3 is 0.893 bits per heavy atom. The summed E-state index contributed by atoms with van der Waals surface area (Å²) in [4.78, 5) is 41.4. The van der Waals surface area contributed by atoms with Crippen LogP contribution in [0.4, 0.5) is 0 Å². The molecule has 0 saturated carbocycles. The highest BCUT2D eigenvalue weighted by Crippen LogP contribution is 2.62. The van der Waals surface area contributed by atoms with Crippen molar-refractivity contribution in [3.05, 3.63) is 433 Å². The second-order valence-electron chi connectivity index (χ2n) is 42.0. The summed E-state index contributed by atoms with van der Waals surface area (Å²) in [5, 5.41) is 0. The lowest BCUT2D eigenvalue weighted by atomic mass is 9.70. The van der Waals surface area contributed by atoms with Crippen molar-refractivity contribution in [1.29, 1.82) is 0 Å². The molecule has 0 atom stereocenters. The maximum atomic E-state index is 7.38. The summed E-state index contributed by atoms with van der Waals surface area (Å²) in [6.07, 6.45) is 22.8. The number of pyridine rings is 3. The molecule has 4 aliphatic carbocycles. The topological polar surface area (TPSA) is 122 Å². The van der Waals surface area contributed by atoms with E-state index in [-0.39, 0.29) is 21.7 Å². The highest BCUT2D eigenvalue weighted by molar-refractivity contribution is 5.96. The Morgan fingerprint density at radius 2 is 0.500 bits per heavy atom. The van der Waals surface area contributed by atoms with Gasteiger partial charge in [-0.15, -0.1) is 0 Å². The van der Waals surface area contributed by atoms with E-state index in [4.69, 9.17) is 39.4 Å². The summed E-state index contributed by atoms with van der Waals surface area (Å²) in [5.74, 6) is 3.89. The van der Waals surface area contributed by atoms with Gasteiger partial charge in [0.2, 0.25) is 11.8 Å². The summed E-state index contributed by atoms with van der Waals surface area (Å²) in [5.41, 5.74) is 46.4. The maximum Gasteiger partial charge on any atom is 0.224 e. The van der Waals surface area contributed by atoms with Crippen LogP contribution < -0.4 is 9.47 Å². The fraction of sp³-hybridized carbons (Fsp3) is 0.200. The maximum absolute atomic E-state index is 7.38. The van der Waals surface area contributed by atoms with Gasteiger partial charge in [-0.05, 0) is 310 Å². The van der Waals surface area contributed by atoms with Gasteiger partial charge in [0, 0.05) is 96.9 Å². The van der Waals surface area contributed by atoms with E-state index in [1.54, 1.807) is 12.3 Å². The first-order valence-corrected chi connectivity index (χ1v) is 54.5. The average molecular weight is 1950 g/mol. The number of benzene rings is 15. The molecule has 732 valence electrons. The lowest BCUT2D eigenvalue weighted by Gasteiger charge is -2.33. The number of fused-ring (bicyclic) bond motifs is 22. The van der Waals surface area contributed by atoms with Crippen molar-refractivity contribution in [1.82, 2.24) is 39.9 Å². The van der Waals surface area contributed by atoms with E-state index in [0.717, 1.165) is 198 Å². The second kappa shape index (κ2) is 39.3. The zero-order valence-electron chi connectivity index (χ0n) is 86.7. The van der Waals surface area contributed by atoms with Gasteiger partial charge in [-0.3, -0.25) is 9.97 Å². The van der Waals surface area contributed by atoms with Crippen LogP contribution in [-0.4, -0.2) is 39.9 Å². The van der Waals surface area contributed by atoms with Crippen LogP contribution >= 0.6 is 0 Å². The molecule has 1 aliphatic heterocycles. The molecule has 0 radical (unpaired) electrons. The first kappa shape index (κ1) is 94.4. The number of hydrogen-bond acceptors (Lipinski definition) is 10. The normalized spacial score (nSPS) is 13.8. The van der Waals surface area contributed by atoms with Crippen LogP contribution in [0.25, 0.3) is 202 Å². The van der Waals surface area contributed by atoms with Crippen molar-refractivity contribution in [3.8, 4) is 225 Å². The molecule has 6 heterocycles. The Hall–Kier alpha value is -16.6. The van der Waals surface area contributed by atoms with E-state index in [2.05, 4.69) is 350 Å². The van der Waals surface area contributed by atoms with Crippen LogP contribution in [0.3, 0.4) is 0 Å². The molecule has 20 aromatic rings. The minimum Gasteiger partial charge on any atom is -0.457 e. The summed E-state index contributed by atoms with van der Waals surface area (Å²) in [6, 6.07) is 136. The standard InChI is InChI=1S/C140H120N8O2/c1-9-67-137(68-10-2)119-39-24-23-35-107(119)108-58-50-93(79-120(108)137)94-51-59-109-110-60-52-95(81-122(110)138(69-11-3,70-12-4)121(109)80-94)96-53-61-111-112-62-54-97(83-124(112)139(71-13-5,72-14-6)123(111)82-96)98-55-63-113-114-64-56-99(85-126(114)140(73-15-7,74-16-8)125(113)84-98)102-86-129-100-30-29-31-103(78-100)149-130-87-101(133-143-77-66-131(145-133)150-132(88-102)144-129)57-65-115(130)106-34-19-22-38-118(106)136-147-134(116-36-20-17-32-104(116)89-42-46-91(47-43-89)127-40-25-27-75-141-127)146-135(148-136)117-37-21-18-33-105(117)90-44-48-92(49-45-90)128-41-26-28-76-142-128/h17-66,75-88H,9-16,67-74H2,1-8H3. The Morgan fingerprint density at radius 1 is 0.173 bits per heavy atom. The van der Waals surface area contributed by atoms with E-state index in [1.807, 2.05) is 91.3 Å². The first-order valence-electron chi connectivity index (χ1n) is 54.5. The molecule has 150 heavy (non-hydrogen) atoms. The van der Waals surface area contributed by atoms with Gasteiger partial charge in [0.25, 0.3) is 0 Å². The van der Waals surface area contributed by atoms with Crippen molar-refractivity contribution in [2.24, 2.45) is 0 Å². The molecular formula is C140H120N8O2. The van der Waals surface area contributed by atoms with Crippen molar-refractivity contribution in [3.63, 3.8) is 0 Å². The Labute approximate surface area is 881 Å². The number of rotatable bonds is 28. The lowest BCUT2D eigenvalue weighted by Crippen LogP contribution is -2.25. The molecule has 0 unspecified atom stereocenters. The Bertz CT molecular complexity index is 8470. The summed E-state index contributed by atoms with van der Waals surface area (Å²) < 4.78 is 14.3. The third-order valence-corrected chi connectivity index (χ3v) is 33.1. The van der Waals surface area contributed by atoms with E-state index >= 15 is 0 Å². The van der Waals surface area contributed by atoms with Gasteiger partial charge in [-0.1, -0.05) is 368 Å². The third-order valence-electron chi connectivity index (χ3n) is 33.1. The highest BCUT2D eigenvalue weighted by Gasteiger charge is 2.48. The molecule has 0 saturated heterocycles. The van der Waals surface area contributed by atoms with Crippen LogP contribution in [0, 0.1) is 0 Å². The molecule has 5 aliphatic rings. The molecule has 0 amide bonds.